The first-order chi connectivity index (χ1) is 12.5. The summed E-state index contributed by atoms with van der Waals surface area (Å²) in [6, 6.07) is 11.5. The maximum absolute atomic E-state index is 11.6. The van der Waals surface area contributed by atoms with E-state index in [-0.39, 0.29) is 24.9 Å². The van der Waals surface area contributed by atoms with E-state index >= 15 is 0 Å². The Morgan fingerprint density at radius 1 is 1.42 bits per heavy atom. The summed E-state index contributed by atoms with van der Waals surface area (Å²) in [5.41, 5.74) is 1.86. The maximum Gasteiger partial charge on any atom is 0.306 e. The van der Waals surface area contributed by atoms with Crippen molar-refractivity contribution < 1.29 is 24.1 Å². The molecule has 0 fully saturated rings. The summed E-state index contributed by atoms with van der Waals surface area (Å²) < 4.78 is 18.4. The molecule has 1 N–H and O–H groups in total. The number of aliphatic hydroxyl groups is 1. The van der Waals surface area contributed by atoms with Crippen molar-refractivity contribution in [3.63, 3.8) is 0 Å². The topological polar surface area (TPSA) is 65.0 Å². The minimum Gasteiger partial charge on any atom is -0.492 e. The van der Waals surface area contributed by atoms with Crippen molar-refractivity contribution in [3.8, 4) is 11.5 Å². The van der Waals surface area contributed by atoms with Crippen LogP contribution < -0.4 is 9.47 Å². The zero-order chi connectivity index (χ0) is 18.7. The molecule has 3 rings (SSSR count). The second kappa shape index (κ2) is 8.58. The molecule has 1 heterocycles. The molecule has 2 aromatic carbocycles. The van der Waals surface area contributed by atoms with Crippen LogP contribution >= 0.6 is 38.5 Å². The Morgan fingerprint density at radius 2 is 2.23 bits per heavy atom. The van der Waals surface area contributed by atoms with Crippen LogP contribution in [0.15, 0.2) is 40.9 Å². The molecule has 26 heavy (non-hydrogen) atoms. The van der Waals surface area contributed by atoms with Crippen LogP contribution in [0.4, 0.5) is 0 Å². The summed E-state index contributed by atoms with van der Waals surface area (Å²) in [4.78, 5) is 11.6. The van der Waals surface area contributed by atoms with Crippen LogP contribution in [0, 0.1) is 3.57 Å². The number of carbonyl (C=O) groups excluding carboxylic acids is 1. The molecule has 0 spiro atoms. The molecule has 0 radical (unpaired) electrons. The molecule has 0 bridgehead atoms. The molecule has 0 amide bonds. The summed E-state index contributed by atoms with van der Waals surface area (Å²) in [5.74, 6) is 1.08. The summed E-state index contributed by atoms with van der Waals surface area (Å²) in [5, 5.41) is 9.76. The standard InChI is InChI=1S/C19H18BrIO5/c1-24-19(23)6-12-10-25-16-8-17(15(21)7-14(12)16)26-18(9-22)11-3-2-4-13(20)5-11/h2-5,7-8,12,18,22H,6,9-10H2,1H3/t12-,18?/m1/s1. The van der Waals surface area contributed by atoms with E-state index in [2.05, 4.69) is 38.5 Å². The molecular weight excluding hydrogens is 515 g/mol. The minimum absolute atomic E-state index is 0.0151. The SMILES string of the molecule is COC(=O)C[C@@H]1COc2cc(OC(CO)c3cccc(Br)c3)c(I)cc21. The number of esters is 1. The van der Waals surface area contributed by atoms with Gasteiger partial charge in [-0.1, -0.05) is 28.1 Å². The molecule has 1 unspecified atom stereocenters. The normalized spacial score (nSPS) is 16.5. The van der Waals surface area contributed by atoms with Crippen LogP contribution in [0.3, 0.4) is 0 Å². The van der Waals surface area contributed by atoms with E-state index in [9.17, 15) is 9.90 Å². The third-order valence-electron chi connectivity index (χ3n) is 4.24. The van der Waals surface area contributed by atoms with Crippen LogP contribution in [0.1, 0.15) is 29.6 Å². The molecule has 0 saturated heterocycles. The minimum atomic E-state index is -0.480. The maximum atomic E-state index is 11.6. The fourth-order valence-corrected chi connectivity index (χ4v) is 3.92. The van der Waals surface area contributed by atoms with Crippen molar-refractivity contribution >= 4 is 44.5 Å². The van der Waals surface area contributed by atoms with Gasteiger partial charge in [0.05, 0.1) is 30.3 Å². The average molecular weight is 533 g/mol. The summed E-state index contributed by atoms with van der Waals surface area (Å²) >= 11 is 5.63. The number of rotatable bonds is 6. The molecule has 0 aromatic heterocycles. The van der Waals surface area contributed by atoms with Crippen molar-refractivity contribution in [1.29, 1.82) is 0 Å². The first-order valence-electron chi connectivity index (χ1n) is 8.08. The van der Waals surface area contributed by atoms with Gasteiger partial charge in [0.2, 0.25) is 0 Å². The zero-order valence-electron chi connectivity index (χ0n) is 14.1. The van der Waals surface area contributed by atoms with E-state index in [1.807, 2.05) is 36.4 Å². The Morgan fingerprint density at radius 3 is 2.92 bits per heavy atom. The highest BCUT2D eigenvalue weighted by Gasteiger charge is 2.29. The number of carbonyl (C=O) groups is 1. The van der Waals surface area contributed by atoms with E-state index < -0.39 is 6.10 Å². The average Bonchev–Trinajstić information content (AvgIpc) is 3.01. The van der Waals surface area contributed by atoms with Crippen molar-refractivity contribution in [2.24, 2.45) is 0 Å². The first kappa shape index (κ1) is 19.4. The van der Waals surface area contributed by atoms with Crippen molar-refractivity contribution in [2.75, 3.05) is 20.3 Å². The van der Waals surface area contributed by atoms with Gasteiger partial charge in [0.15, 0.2) is 0 Å². The van der Waals surface area contributed by atoms with Crippen molar-refractivity contribution in [2.45, 2.75) is 18.4 Å². The summed E-state index contributed by atoms with van der Waals surface area (Å²) in [7, 11) is 1.39. The largest absolute Gasteiger partial charge is 0.492 e. The van der Waals surface area contributed by atoms with E-state index in [0.29, 0.717) is 18.1 Å². The monoisotopic (exact) mass is 532 g/mol. The third kappa shape index (κ3) is 4.32. The molecule has 1 aliphatic rings. The second-order valence-corrected chi connectivity index (χ2v) is 8.03. The van der Waals surface area contributed by atoms with E-state index in [0.717, 1.165) is 19.2 Å². The molecule has 0 saturated carbocycles. The number of methoxy groups -OCH3 is 1. The molecule has 5 nitrogen and oxygen atoms in total. The number of aliphatic hydroxyl groups excluding tert-OH is 1. The van der Waals surface area contributed by atoms with Gasteiger partial charge in [-0.3, -0.25) is 4.79 Å². The van der Waals surface area contributed by atoms with E-state index in [1.165, 1.54) is 7.11 Å². The van der Waals surface area contributed by atoms with Gasteiger partial charge >= 0.3 is 5.97 Å². The lowest BCUT2D eigenvalue weighted by molar-refractivity contribution is -0.141. The number of ether oxygens (including phenoxy) is 3. The molecular formula is C19H18BrIO5. The smallest absolute Gasteiger partial charge is 0.306 e. The van der Waals surface area contributed by atoms with Gasteiger partial charge in [-0.15, -0.1) is 0 Å². The van der Waals surface area contributed by atoms with Crippen LogP contribution in [0.25, 0.3) is 0 Å². The molecule has 7 heteroatoms. The predicted molar refractivity (Wildman–Crippen MR) is 109 cm³/mol. The van der Waals surface area contributed by atoms with Crippen LogP contribution in [0.5, 0.6) is 11.5 Å². The van der Waals surface area contributed by atoms with Crippen LogP contribution in [-0.2, 0) is 9.53 Å². The Kier molecular flexibility index (Phi) is 6.42. The highest BCUT2D eigenvalue weighted by atomic mass is 127. The Labute approximate surface area is 173 Å². The number of halogens is 2. The van der Waals surface area contributed by atoms with Gasteiger partial charge in [-0.2, -0.15) is 0 Å². The van der Waals surface area contributed by atoms with Gasteiger partial charge < -0.3 is 19.3 Å². The molecule has 2 atom stereocenters. The Bertz CT molecular complexity index is 811. The number of hydrogen-bond acceptors (Lipinski definition) is 5. The van der Waals surface area contributed by atoms with Gasteiger partial charge in [-0.25, -0.2) is 0 Å². The van der Waals surface area contributed by atoms with Gasteiger partial charge in [0.25, 0.3) is 0 Å². The van der Waals surface area contributed by atoms with Crippen molar-refractivity contribution in [1.82, 2.24) is 0 Å². The van der Waals surface area contributed by atoms with E-state index in [4.69, 9.17) is 14.2 Å². The number of benzene rings is 2. The first-order valence-corrected chi connectivity index (χ1v) is 9.95. The number of fused-ring (bicyclic) bond motifs is 1. The third-order valence-corrected chi connectivity index (χ3v) is 5.58. The summed E-state index contributed by atoms with van der Waals surface area (Å²) in [6.07, 6.45) is -0.191. The van der Waals surface area contributed by atoms with Gasteiger partial charge in [-0.05, 0) is 46.4 Å². The fourth-order valence-electron chi connectivity index (χ4n) is 2.89. The lowest BCUT2D eigenvalue weighted by Gasteiger charge is -2.19. The van der Waals surface area contributed by atoms with Crippen LogP contribution in [0.2, 0.25) is 0 Å². The molecule has 1 aliphatic heterocycles. The predicted octanol–water partition coefficient (Wildman–Crippen LogP) is 4.21. The number of hydrogen-bond donors (Lipinski definition) is 1. The van der Waals surface area contributed by atoms with Gasteiger partial charge in [0, 0.05) is 22.0 Å². The highest BCUT2D eigenvalue weighted by Crippen LogP contribution is 2.41. The summed E-state index contributed by atoms with van der Waals surface area (Å²) in [6.45, 7) is 0.300. The lowest BCUT2D eigenvalue weighted by Crippen LogP contribution is -2.13. The van der Waals surface area contributed by atoms with Crippen LogP contribution in [-0.4, -0.2) is 31.4 Å². The van der Waals surface area contributed by atoms with Crippen molar-refractivity contribution in [3.05, 3.63) is 55.6 Å². The zero-order valence-corrected chi connectivity index (χ0v) is 17.8. The fraction of sp³-hybridized carbons (Fsp3) is 0.316. The quantitative estimate of drug-likeness (QED) is 0.446. The highest BCUT2D eigenvalue weighted by molar-refractivity contribution is 14.1. The lowest BCUT2D eigenvalue weighted by atomic mass is 9.98. The molecule has 2 aromatic rings. The van der Waals surface area contributed by atoms with E-state index in [1.54, 1.807) is 0 Å². The molecule has 0 aliphatic carbocycles. The Hall–Kier alpha value is -1.32. The second-order valence-electron chi connectivity index (χ2n) is 5.95. The Balaban J connectivity index is 1.82. The molecule has 138 valence electrons. The van der Waals surface area contributed by atoms with Gasteiger partial charge in [0.1, 0.15) is 17.6 Å².